The van der Waals surface area contributed by atoms with Crippen molar-refractivity contribution in [1.29, 1.82) is 0 Å². The van der Waals surface area contributed by atoms with Gasteiger partial charge in [-0.2, -0.15) is 13.2 Å². The van der Waals surface area contributed by atoms with Crippen molar-refractivity contribution in [1.82, 2.24) is 10.3 Å². The zero-order valence-corrected chi connectivity index (χ0v) is 10.7. The Morgan fingerprint density at radius 3 is 2.63 bits per heavy atom. The van der Waals surface area contributed by atoms with Crippen molar-refractivity contribution in [3.05, 3.63) is 28.8 Å². The van der Waals surface area contributed by atoms with Gasteiger partial charge in [0.05, 0.1) is 20.8 Å². The van der Waals surface area contributed by atoms with Gasteiger partial charge in [-0.3, -0.25) is 0 Å². The van der Waals surface area contributed by atoms with Crippen LogP contribution in [-0.4, -0.2) is 18.1 Å². The molecule has 1 saturated carbocycles. The molecule has 1 aromatic heterocycles. The number of rotatable bonds is 1. The second-order valence-corrected chi connectivity index (χ2v) is 6.31. The number of piperidine rings is 1. The average Bonchev–Trinajstić information content (AvgIpc) is 2.78. The van der Waals surface area contributed by atoms with E-state index < -0.39 is 11.7 Å². The molecular weight excluding hydrogens is 273 g/mol. The Kier molecular flexibility index (Phi) is 2.27. The summed E-state index contributed by atoms with van der Waals surface area (Å²) >= 11 is 1.54. The zero-order chi connectivity index (χ0) is 13.2. The molecule has 2 fully saturated rings. The molecule has 4 rings (SSSR count). The maximum absolute atomic E-state index is 12.6. The van der Waals surface area contributed by atoms with Crippen molar-refractivity contribution >= 4 is 21.6 Å². The minimum absolute atomic E-state index is 0.466. The van der Waals surface area contributed by atoms with Crippen molar-refractivity contribution in [3.63, 3.8) is 0 Å². The summed E-state index contributed by atoms with van der Waals surface area (Å²) in [6.07, 6.45) is -4.29. The predicted molar refractivity (Wildman–Crippen MR) is 67.2 cm³/mol. The zero-order valence-electron chi connectivity index (χ0n) is 9.87. The fourth-order valence-corrected chi connectivity index (χ4v) is 4.25. The Morgan fingerprint density at radius 2 is 1.95 bits per heavy atom. The number of thiazole rings is 1. The van der Waals surface area contributed by atoms with Crippen LogP contribution < -0.4 is 5.32 Å². The third-order valence-electron chi connectivity index (χ3n) is 4.11. The molecule has 1 N–H and O–H groups in total. The minimum Gasteiger partial charge on any atom is -0.316 e. The number of hydrogen-bond donors (Lipinski definition) is 1. The van der Waals surface area contributed by atoms with Crippen LogP contribution in [0.5, 0.6) is 0 Å². The fourth-order valence-electron chi connectivity index (χ4n) is 3.05. The molecule has 2 heterocycles. The third-order valence-corrected chi connectivity index (χ3v) is 5.25. The second kappa shape index (κ2) is 3.70. The van der Waals surface area contributed by atoms with Crippen molar-refractivity contribution in [3.8, 4) is 0 Å². The van der Waals surface area contributed by atoms with Gasteiger partial charge in [-0.25, -0.2) is 4.98 Å². The second-order valence-electron chi connectivity index (χ2n) is 5.24. The van der Waals surface area contributed by atoms with E-state index in [2.05, 4.69) is 10.3 Å². The van der Waals surface area contributed by atoms with Crippen molar-refractivity contribution in [2.24, 2.45) is 11.8 Å². The summed E-state index contributed by atoms with van der Waals surface area (Å²) in [5, 5.41) is 4.32. The molecule has 1 aromatic carbocycles. The highest BCUT2D eigenvalue weighted by molar-refractivity contribution is 7.18. The largest absolute Gasteiger partial charge is 0.416 e. The molecule has 2 nitrogen and oxygen atoms in total. The van der Waals surface area contributed by atoms with Crippen LogP contribution in [0.4, 0.5) is 13.2 Å². The van der Waals surface area contributed by atoms with Gasteiger partial charge in [-0.05, 0) is 43.1 Å². The summed E-state index contributed by atoms with van der Waals surface area (Å²) in [4.78, 5) is 4.42. The van der Waals surface area contributed by atoms with Crippen LogP contribution in [-0.2, 0) is 6.18 Å². The number of hydrogen-bond acceptors (Lipinski definition) is 3. The average molecular weight is 284 g/mol. The Hall–Kier alpha value is -1.14. The molecule has 0 spiro atoms. The van der Waals surface area contributed by atoms with Crippen molar-refractivity contribution < 1.29 is 13.2 Å². The maximum atomic E-state index is 12.6. The summed E-state index contributed by atoms with van der Waals surface area (Å²) in [7, 11) is 0. The molecule has 2 atom stereocenters. The molecular formula is C13H11F3N2S. The highest BCUT2D eigenvalue weighted by Crippen LogP contribution is 2.57. The first-order valence-electron chi connectivity index (χ1n) is 6.22. The van der Waals surface area contributed by atoms with E-state index in [-0.39, 0.29) is 0 Å². The van der Waals surface area contributed by atoms with Gasteiger partial charge < -0.3 is 5.32 Å². The van der Waals surface area contributed by atoms with Gasteiger partial charge in [0.25, 0.3) is 0 Å². The molecule has 2 aliphatic rings. The van der Waals surface area contributed by atoms with E-state index in [1.807, 2.05) is 0 Å². The Balaban J connectivity index is 1.72. The van der Waals surface area contributed by atoms with Crippen LogP contribution >= 0.6 is 11.3 Å². The highest BCUT2D eigenvalue weighted by atomic mass is 32.1. The van der Waals surface area contributed by atoms with Crippen LogP contribution in [0.15, 0.2) is 18.2 Å². The van der Waals surface area contributed by atoms with Crippen molar-refractivity contribution in [2.75, 3.05) is 13.1 Å². The van der Waals surface area contributed by atoms with E-state index in [4.69, 9.17) is 0 Å². The normalized spacial score (nSPS) is 29.7. The van der Waals surface area contributed by atoms with Crippen LogP contribution in [0, 0.1) is 11.8 Å². The lowest BCUT2D eigenvalue weighted by molar-refractivity contribution is -0.137. The molecule has 6 heteroatoms. The molecule has 100 valence electrons. The third kappa shape index (κ3) is 1.77. The van der Waals surface area contributed by atoms with Gasteiger partial charge in [0.2, 0.25) is 0 Å². The first-order chi connectivity index (χ1) is 9.04. The first-order valence-corrected chi connectivity index (χ1v) is 7.04. The number of fused-ring (bicyclic) bond motifs is 2. The predicted octanol–water partition coefficient (Wildman–Crippen LogP) is 3.25. The molecule has 0 bridgehead atoms. The van der Waals surface area contributed by atoms with E-state index in [9.17, 15) is 13.2 Å². The Labute approximate surface area is 111 Å². The van der Waals surface area contributed by atoms with Crippen LogP contribution in [0.25, 0.3) is 10.2 Å². The van der Waals surface area contributed by atoms with E-state index in [1.165, 1.54) is 17.4 Å². The van der Waals surface area contributed by atoms with E-state index in [0.717, 1.165) is 34.9 Å². The van der Waals surface area contributed by atoms with Crippen LogP contribution in [0.1, 0.15) is 16.5 Å². The fraction of sp³-hybridized carbons (Fsp3) is 0.462. The van der Waals surface area contributed by atoms with Gasteiger partial charge >= 0.3 is 6.18 Å². The molecule has 1 aliphatic heterocycles. The quantitative estimate of drug-likeness (QED) is 0.869. The number of aromatic nitrogens is 1. The lowest BCUT2D eigenvalue weighted by atomic mass is 10.2. The van der Waals surface area contributed by atoms with Crippen molar-refractivity contribution in [2.45, 2.75) is 12.1 Å². The monoisotopic (exact) mass is 284 g/mol. The maximum Gasteiger partial charge on any atom is 0.416 e. The molecule has 1 aliphatic carbocycles. The SMILES string of the molecule is FC(F)(F)c1ccc2sc(C3C4CNCC43)nc2c1. The highest BCUT2D eigenvalue weighted by Gasteiger charge is 2.55. The first kappa shape index (κ1) is 11.7. The standard InChI is InChI=1S/C13H11F3N2S/c14-13(15,16)6-1-2-10-9(3-6)18-12(19-10)11-7-4-17-5-8(7)11/h1-3,7-8,11,17H,4-5H2. The van der Waals surface area contributed by atoms with Gasteiger partial charge in [-0.1, -0.05) is 0 Å². The molecule has 0 amide bonds. The van der Waals surface area contributed by atoms with E-state index in [0.29, 0.717) is 23.3 Å². The Morgan fingerprint density at radius 1 is 1.21 bits per heavy atom. The topological polar surface area (TPSA) is 24.9 Å². The molecule has 2 aromatic rings. The summed E-state index contributed by atoms with van der Waals surface area (Å²) in [6.45, 7) is 2.03. The Bertz CT molecular complexity index is 639. The molecule has 1 saturated heterocycles. The summed E-state index contributed by atoms with van der Waals surface area (Å²) in [6, 6.07) is 3.83. The van der Waals surface area contributed by atoms with Gasteiger partial charge in [0.1, 0.15) is 0 Å². The van der Waals surface area contributed by atoms with E-state index >= 15 is 0 Å². The number of nitrogens with one attached hydrogen (secondary N) is 1. The molecule has 2 unspecified atom stereocenters. The lowest BCUT2D eigenvalue weighted by Gasteiger charge is -2.04. The molecule has 0 radical (unpaired) electrons. The summed E-state index contributed by atoms with van der Waals surface area (Å²) in [5.41, 5.74) is -0.137. The summed E-state index contributed by atoms with van der Waals surface area (Å²) < 4.78 is 38.8. The number of halogens is 3. The molecule has 19 heavy (non-hydrogen) atoms. The number of nitrogens with zero attached hydrogens (tertiary/aromatic N) is 1. The van der Waals surface area contributed by atoms with Gasteiger partial charge in [0, 0.05) is 5.92 Å². The smallest absolute Gasteiger partial charge is 0.316 e. The van der Waals surface area contributed by atoms with E-state index in [1.54, 1.807) is 0 Å². The number of alkyl halides is 3. The minimum atomic E-state index is -4.29. The van der Waals surface area contributed by atoms with Gasteiger partial charge in [0.15, 0.2) is 0 Å². The van der Waals surface area contributed by atoms with Crippen LogP contribution in [0.3, 0.4) is 0 Å². The number of benzene rings is 1. The van der Waals surface area contributed by atoms with Crippen LogP contribution in [0.2, 0.25) is 0 Å². The lowest BCUT2D eigenvalue weighted by Crippen LogP contribution is -2.13. The van der Waals surface area contributed by atoms with Gasteiger partial charge in [-0.15, -0.1) is 11.3 Å². The summed E-state index contributed by atoms with van der Waals surface area (Å²) in [5.74, 6) is 1.75.